The minimum absolute atomic E-state index is 0.0307. The Balaban J connectivity index is 2.35. The van der Waals surface area contributed by atoms with Crippen molar-refractivity contribution in [1.82, 2.24) is 9.78 Å². The third kappa shape index (κ3) is 2.45. The highest BCUT2D eigenvalue weighted by atomic mass is 16.5. The van der Waals surface area contributed by atoms with E-state index in [2.05, 4.69) is 9.84 Å². The van der Waals surface area contributed by atoms with Crippen LogP contribution in [0.5, 0.6) is 0 Å². The van der Waals surface area contributed by atoms with Gasteiger partial charge in [0, 0.05) is 12.6 Å². The van der Waals surface area contributed by atoms with Crippen molar-refractivity contribution in [1.29, 1.82) is 0 Å². The van der Waals surface area contributed by atoms with Gasteiger partial charge >= 0.3 is 5.97 Å². The first-order chi connectivity index (χ1) is 8.66. The average molecular weight is 267 g/mol. The van der Waals surface area contributed by atoms with Gasteiger partial charge in [-0.3, -0.25) is 4.68 Å². The second kappa shape index (κ2) is 4.23. The summed E-state index contributed by atoms with van der Waals surface area (Å²) in [5.74, 6) is -0.521. The van der Waals surface area contributed by atoms with Crippen LogP contribution in [0.1, 0.15) is 50.6 Å². The number of hydrogen-bond donors (Lipinski definition) is 1. The van der Waals surface area contributed by atoms with E-state index in [1.165, 1.54) is 7.11 Å². The molecule has 1 aromatic heterocycles. The van der Waals surface area contributed by atoms with Gasteiger partial charge in [-0.25, -0.2) is 4.79 Å². The van der Waals surface area contributed by atoms with Crippen molar-refractivity contribution in [3.8, 4) is 0 Å². The normalized spacial score (nSPS) is 24.4. The van der Waals surface area contributed by atoms with Crippen molar-refractivity contribution < 1.29 is 14.3 Å². The number of hydrogen-bond acceptors (Lipinski definition) is 5. The maximum atomic E-state index is 11.5. The van der Waals surface area contributed by atoms with Crippen LogP contribution in [0, 0.1) is 0 Å². The van der Waals surface area contributed by atoms with E-state index in [4.69, 9.17) is 10.5 Å². The van der Waals surface area contributed by atoms with E-state index in [1.807, 2.05) is 27.7 Å². The van der Waals surface area contributed by atoms with Gasteiger partial charge in [-0.1, -0.05) is 0 Å². The molecule has 0 saturated carbocycles. The van der Waals surface area contributed by atoms with Crippen LogP contribution in [0.2, 0.25) is 0 Å². The molecule has 1 fully saturated rings. The van der Waals surface area contributed by atoms with Crippen LogP contribution >= 0.6 is 0 Å². The molecule has 0 bridgehead atoms. The molecule has 19 heavy (non-hydrogen) atoms. The molecule has 0 spiro atoms. The topological polar surface area (TPSA) is 79.4 Å². The average Bonchev–Trinajstić information content (AvgIpc) is 2.74. The number of anilines is 1. The smallest absolute Gasteiger partial charge is 0.360 e. The van der Waals surface area contributed by atoms with Crippen molar-refractivity contribution in [2.45, 2.75) is 51.4 Å². The third-order valence-electron chi connectivity index (χ3n) is 3.49. The quantitative estimate of drug-likeness (QED) is 0.826. The van der Waals surface area contributed by atoms with E-state index in [-0.39, 0.29) is 22.9 Å². The summed E-state index contributed by atoms with van der Waals surface area (Å²) >= 11 is 0. The van der Waals surface area contributed by atoms with Crippen molar-refractivity contribution in [2.24, 2.45) is 0 Å². The van der Waals surface area contributed by atoms with E-state index < -0.39 is 5.97 Å². The Labute approximate surface area is 112 Å². The molecule has 2 rings (SSSR count). The molecule has 106 valence electrons. The monoisotopic (exact) mass is 267 g/mol. The lowest BCUT2D eigenvalue weighted by Crippen LogP contribution is -2.31. The maximum absolute atomic E-state index is 11.5. The molecule has 6 nitrogen and oxygen atoms in total. The summed E-state index contributed by atoms with van der Waals surface area (Å²) in [6.45, 7) is 8.12. The Morgan fingerprint density at radius 1 is 1.53 bits per heavy atom. The number of esters is 1. The van der Waals surface area contributed by atoms with Crippen LogP contribution in [-0.2, 0) is 9.47 Å². The van der Waals surface area contributed by atoms with Crippen molar-refractivity contribution >= 4 is 11.7 Å². The van der Waals surface area contributed by atoms with Gasteiger partial charge in [0.05, 0.1) is 30.0 Å². The van der Waals surface area contributed by atoms with Crippen LogP contribution in [0.4, 0.5) is 5.69 Å². The lowest BCUT2D eigenvalue weighted by Gasteiger charge is -2.27. The molecule has 2 N–H and O–H groups in total. The van der Waals surface area contributed by atoms with E-state index in [0.717, 1.165) is 6.42 Å². The molecule has 1 aromatic rings. The first-order valence-electron chi connectivity index (χ1n) is 6.29. The lowest BCUT2D eigenvalue weighted by atomic mass is 9.95. The standard InChI is InChI=1S/C13H21N3O3/c1-12(2)6-9(13(3,4)19-12)16-7-8(14)10(15-16)11(17)18-5/h7,9H,6,14H2,1-5H3. The fraction of sp³-hybridized carbons (Fsp3) is 0.692. The van der Waals surface area contributed by atoms with Gasteiger partial charge in [0.2, 0.25) is 0 Å². The second-order valence-corrected chi connectivity index (χ2v) is 6.09. The zero-order valence-electron chi connectivity index (χ0n) is 12.1. The molecule has 0 aromatic carbocycles. The molecule has 1 unspecified atom stereocenters. The SMILES string of the molecule is COC(=O)c1nn(C2CC(C)(C)OC2(C)C)cc1N. The second-order valence-electron chi connectivity index (χ2n) is 6.09. The summed E-state index contributed by atoms with van der Waals surface area (Å²) in [7, 11) is 1.31. The van der Waals surface area contributed by atoms with Gasteiger partial charge in [-0.15, -0.1) is 0 Å². The summed E-state index contributed by atoms with van der Waals surface area (Å²) in [6, 6.07) is 0.0307. The van der Waals surface area contributed by atoms with Gasteiger partial charge in [0.15, 0.2) is 5.69 Å². The Morgan fingerprint density at radius 2 is 2.16 bits per heavy atom. The Kier molecular flexibility index (Phi) is 3.09. The van der Waals surface area contributed by atoms with E-state index in [9.17, 15) is 4.79 Å². The number of nitrogen functional groups attached to an aromatic ring is 1. The number of ether oxygens (including phenoxy) is 2. The Morgan fingerprint density at radius 3 is 2.63 bits per heavy atom. The van der Waals surface area contributed by atoms with Gasteiger partial charge in [0.1, 0.15) is 0 Å². The fourth-order valence-corrected chi connectivity index (χ4v) is 2.77. The molecule has 1 aliphatic rings. The predicted octanol–water partition coefficient (Wildman–Crippen LogP) is 1.77. The minimum atomic E-state index is -0.521. The van der Waals surface area contributed by atoms with Crippen LogP contribution in [0.15, 0.2) is 6.20 Å². The zero-order chi connectivity index (χ0) is 14.4. The Bertz CT molecular complexity index is 505. The number of nitrogens with zero attached hydrogens (tertiary/aromatic N) is 2. The predicted molar refractivity (Wildman–Crippen MR) is 70.9 cm³/mol. The minimum Gasteiger partial charge on any atom is -0.464 e. The Hall–Kier alpha value is -1.56. The van der Waals surface area contributed by atoms with Crippen LogP contribution in [0.3, 0.4) is 0 Å². The third-order valence-corrected chi connectivity index (χ3v) is 3.49. The fourth-order valence-electron chi connectivity index (χ4n) is 2.77. The van der Waals surface area contributed by atoms with Crippen LogP contribution < -0.4 is 5.73 Å². The van der Waals surface area contributed by atoms with E-state index >= 15 is 0 Å². The molecular weight excluding hydrogens is 246 g/mol. The molecular formula is C13H21N3O3. The summed E-state index contributed by atoms with van der Waals surface area (Å²) in [5, 5.41) is 4.26. The number of nitrogens with two attached hydrogens (primary N) is 1. The molecule has 1 aliphatic heterocycles. The van der Waals surface area contributed by atoms with E-state index in [1.54, 1.807) is 10.9 Å². The number of carbonyl (C=O) groups excluding carboxylic acids is 1. The van der Waals surface area contributed by atoms with Crippen molar-refractivity contribution in [2.75, 3.05) is 12.8 Å². The maximum Gasteiger partial charge on any atom is 0.360 e. The van der Waals surface area contributed by atoms with E-state index in [0.29, 0.717) is 5.69 Å². The summed E-state index contributed by atoms with van der Waals surface area (Å²) in [6.07, 6.45) is 2.48. The first kappa shape index (κ1) is 13.9. The zero-order valence-corrected chi connectivity index (χ0v) is 12.1. The van der Waals surface area contributed by atoms with Crippen molar-refractivity contribution in [3.63, 3.8) is 0 Å². The summed E-state index contributed by atoms with van der Waals surface area (Å²) < 4.78 is 12.4. The summed E-state index contributed by atoms with van der Waals surface area (Å²) in [4.78, 5) is 11.5. The highest BCUT2D eigenvalue weighted by molar-refractivity contribution is 5.92. The van der Waals surface area contributed by atoms with Gasteiger partial charge in [0.25, 0.3) is 0 Å². The molecule has 1 atom stereocenters. The molecule has 0 radical (unpaired) electrons. The number of methoxy groups -OCH3 is 1. The number of aromatic nitrogens is 2. The molecule has 1 saturated heterocycles. The van der Waals surface area contributed by atoms with Crippen molar-refractivity contribution in [3.05, 3.63) is 11.9 Å². The van der Waals surface area contributed by atoms with Gasteiger partial charge in [-0.2, -0.15) is 5.10 Å². The van der Waals surface area contributed by atoms with Gasteiger partial charge < -0.3 is 15.2 Å². The molecule has 6 heteroatoms. The number of rotatable bonds is 2. The highest BCUT2D eigenvalue weighted by Gasteiger charge is 2.47. The van der Waals surface area contributed by atoms with Gasteiger partial charge in [-0.05, 0) is 27.7 Å². The largest absolute Gasteiger partial charge is 0.464 e. The number of carbonyl (C=O) groups is 1. The highest BCUT2D eigenvalue weighted by Crippen LogP contribution is 2.44. The summed E-state index contributed by atoms with van der Waals surface area (Å²) in [5.41, 5.74) is 5.71. The van der Waals surface area contributed by atoms with Crippen LogP contribution in [-0.4, -0.2) is 34.1 Å². The first-order valence-corrected chi connectivity index (χ1v) is 6.29. The van der Waals surface area contributed by atoms with Crippen LogP contribution in [0.25, 0.3) is 0 Å². The molecule has 2 heterocycles. The molecule has 0 aliphatic carbocycles. The lowest BCUT2D eigenvalue weighted by molar-refractivity contribution is -0.0737. The molecule has 0 amide bonds.